The van der Waals surface area contributed by atoms with E-state index in [0.717, 1.165) is 36.8 Å². The molecular weight excluding hydrogens is 518 g/mol. The van der Waals surface area contributed by atoms with Crippen LogP contribution in [0.25, 0.3) is 0 Å². The summed E-state index contributed by atoms with van der Waals surface area (Å²) in [7, 11) is 4.76. The van der Waals surface area contributed by atoms with Crippen LogP contribution < -0.4 is 24.8 Å². The van der Waals surface area contributed by atoms with Gasteiger partial charge in [0, 0.05) is 29.4 Å². The van der Waals surface area contributed by atoms with Crippen molar-refractivity contribution in [3.05, 3.63) is 71.4 Å². The van der Waals surface area contributed by atoms with E-state index in [2.05, 4.69) is 43.3 Å². The monoisotopic (exact) mass is 561 g/mol. The molecule has 0 spiro atoms. The number of aromatic nitrogens is 1. The predicted octanol–water partition coefficient (Wildman–Crippen LogP) is 7.35. The molecule has 0 fully saturated rings. The van der Waals surface area contributed by atoms with Crippen LogP contribution in [0.5, 0.6) is 17.2 Å². The van der Waals surface area contributed by atoms with E-state index in [1.165, 1.54) is 0 Å². The average Bonchev–Trinajstić information content (AvgIpc) is 2.95. The molecule has 41 heavy (non-hydrogen) atoms. The highest BCUT2D eigenvalue weighted by molar-refractivity contribution is 6.05. The number of anilines is 2. The summed E-state index contributed by atoms with van der Waals surface area (Å²) in [6.45, 7) is 8.39. The van der Waals surface area contributed by atoms with Gasteiger partial charge in [-0.2, -0.15) is 0 Å². The Kier molecular flexibility index (Phi) is 11.1. The molecule has 8 heteroatoms. The summed E-state index contributed by atoms with van der Waals surface area (Å²) < 4.78 is 16.8. The normalized spacial score (nSPS) is 11.9. The van der Waals surface area contributed by atoms with Crippen molar-refractivity contribution in [2.45, 2.75) is 71.1 Å². The Morgan fingerprint density at radius 3 is 2.27 bits per heavy atom. The topological polar surface area (TPSA) is 98.8 Å². The number of carbonyl (C=O) groups excluding carboxylic acids is 2. The molecule has 1 atom stereocenters. The molecule has 0 bridgehead atoms. The van der Waals surface area contributed by atoms with Gasteiger partial charge in [0.25, 0.3) is 5.91 Å². The van der Waals surface area contributed by atoms with Crippen LogP contribution in [0.1, 0.15) is 87.2 Å². The maximum atomic E-state index is 13.6. The number of hydrogen-bond acceptors (Lipinski definition) is 6. The molecule has 0 saturated carbocycles. The van der Waals surface area contributed by atoms with Gasteiger partial charge in [0.1, 0.15) is 5.82 Å². The molecule has 0 radical (unpaired) electrons. The van der Waals surface area contributed by atoms with Crippen molar-refractivity contribution >= 4 is 23.3 Å². The smallest absolute Gasteiger partial charge is 0.256 e. The van der Waals surface area contributed by atoms with Crippen LogP contribution in [-0.2, 0) is 10.2 Å². The number of nitrogens with zero attached hydrogens (tertiary/aromatic N) is 1. The van der Waals surface area contributed by atoms with Crippen LogP contribution in [0, 0.1) is 0 Å². The first-order chi connectivity index (χ1) is 19.6. The molecule has 1 heterocycles. The summed E-state index contributed by atoms with van der Waals surface area (Å²) in [5, 5.41) is 5.94. The van der Waals surface area contributed by atoms with E-state index < -0.39 is 0 Å². The minimum absolute atomic E-state index is 0.106. The van der Waals surface area contributed by atoms with E-state index in [1.807, 2.05) is 18.2 Å². The Morgan fingerprint density at radius 1 is 0.902 bits per heavy atom. The van der Waals surface area contributed by atoms with Crippen molar-refractivity contribution < 1.29 is 23.8 Å². The number of unbranched alkanes of at least 4 members (excludes halogenated alkanes) is 2. The van der Waals surface area contributed by atoms with Gasteiger partial charge in [0.15, 0.2) is 11.5 Å². The Bertz CT molecular complexity index is 1320. The van der Waals surface area contributed by atoms with Crippen molar-refractivity contribution in [2.75, 3.05) is 32.0 Å². The molecule has 2 N–H and O–H groups in total. The van der Waals surface area contributed by atoms with Gasteiger partial charge in [-0.05, 0) is 53.6 Å². The highest BCUT2D eigenvalue weighted by Gasteiger charge is 2.26. The lowest BCUT2D eigenvalue weighted by atomic mass is 9.84. The molecule has 3 aromatic rings. The third-order valence-corrected chi connectivity index (χ3v) is 7.03. The maximum Gasteiger partial charge on any atom is 0.256 e. The largest absolute Gasteiger partial charge is 0.493 e. The van der Waals surface area contributed by atoms with E-state index in [1.54, 1.807) is 57.9 Å². The van der Waals surface area contributed by atoms with Gasteiger partial charge in [-0.15, -0.1) is 0 Å². The molecule has 8 nitrogen and oxygen atoms in total. The number of rotatable bonds is 13. The summed E-state index contributed by atoms with van der Waals surface area (Å²) in [6.07, 6.45) is 5.78. The highest BCUT2D eigenvalue weighted by atomic mass is 16.5. The summed E-state index contributed by atoms with van der Waals surface area (Å²) in [6, 6.07) is 14.5. The first-order valence-corrected chi connectivity index (χ1v) is 14.1. The molecule has 220 valence electrons. The number of hydrogen-bond donors (Lipinski definition) is 2. The van der Waals surface area contributed by atoms with Crippen molar-refractivity contribution in [3.63, 3.8) is 0 Å². The second kappa shape index (κ2) is 14.5. The lowest BCUT2D eigenvalue weighted by Gasteiger charge is -2.25. The summed E-state index contributed by atoms with van der Waals surface area (Å²) in [5.74, 6) is 1.57. The third-order valence-electron chi connectivity index (χ3n) is 7.03. The van der Waals surface area contributed by atoms with Crippen LogP contribution >= 0.6 is 0 Å². The summed E-state index contributed by atoms with van der Waals surface area (Å²) in [5.41, 5.74) is 2.62. The van der Waals surface area contributed by atoms with Gasteiger partial charge < -0.3 is 24.8 Å². The molecule has 2 aromatic carbocycles. The SMILES string of the molecule is CCCCCC(CC(=O)Nc1cc(C(=O)Nc2ccccn2)ccc1C(C)(C)C)c1ccc(OC)c(OC)c1OC. The lowest BCUT2D eigenvalue weighted by Crippen LogP contribution is -2.22. The Morgan fingerprint density at radius 2 is 1.66 bits per heavy atom. The number of ether oxygens (including phenoxy) is 3. The fourth-order valence-electron chi connectivity index (χ4n) is 4.95. The fraction of sp³-hybridized carbons (Fsp3) is 0.424. The zero-order valence-electron chi connectivity index (χ0n) is 25.3. The van der Waals surface area contributed by atoms with Crippen molar-refractivity contribution in [2.24, 2.45) is 0 Å². The van der Waals surface area contributed by atoms with Crippen LogP contribution in [0.4, 0.5) is 11.5 Å². The van der Waals surface area contributed by atoms with Gasteiger partial charge >= 0.3 is 0 Å². The van der Waals surface area contributed by atoms with Crippen LogP contribution in [-0.4, -0.2) is 38.1 Å². The zero-order valence-corrected chi connectivity index (χ0v) is 25.3. The van der Waals surface area contributed by atoms with E-state index in [-0.39, 0.29) is 29.6 Å². The Hall–Kier alpha value is -4.07. The molecule has 0 aliphatic carbocycles. The maximum absolute atomic E-state index is 13.6. The Labute approximate surface area is 243 Å². The molecule has 0 aliphatic rings. The quantitative estimate of drug-likeness (QED) is 0.212. The van der Waals surface area contributed by atoms with E-state index in [9.17, 15) is 9.59 Å². The second-order valence-electron chi connectivity index (χ2n) is 11.0. The van der Waals surface area contributed by atoms with Gasteiger partial charge in [-0.25, -0.2) is 4.98 Å². The minimum Gasteiger partial charge on any atom is -0.493 e. The number of amides is 2. The highest BCUT2D eigenvalue weighted by Crippen LogP contribution is 2.44. The van der Waals surface area contributed by atoms with Crippen LogP contribution in [0.3, 0.4) is 0 Å². The van der Waals surface area contributed by atoms with E-state index >= 15 is 0 Å². The van der Waals surface area contributed by atoms with Crippen LogP contribution in [0.15, 0.2) is 54.7 Å². The zero-order chi connectivity index (χ0) is 30.0. The van der Waals surface area contributed by atoms with Gasteiger partial charge in [0.2, 0.25) is 11.7 Å². The van der Waals surface area contributed by atoms with E-state index in [0.29, 0.717) is 34.3 Å². The van der Waals surface area contributed by atoms with Gasteiger partial charge in [-0.1, -0.05) is 65.2 Å². The molecule has 2 amide bonds. The third kappa shape index (κ3) is 8.22. The Balaban J connectivity index is 1.92. The van der Waals surface area contributed by atoms with Crippen molar-refractivity contribution in [1.82, 2.24) is 4.98 Å². The number of nitrogens with one attached hydrogen (secondary N) is 2. The first kappa shape index (κ1) is 31.5. The number of carbonyl (C=O) groups is 2. The van der Waals surface area contributed by atoms with Gasteiger partial charge in [0.05, 0.1) is 21.3 Å². The average molecular weight is 562 g/mol. The molecular formula is C33H43N3O5. The van der Waals surface area contributed by atoms with Crippen LogP contribution in [0.2, 0.25) is 0 Å². The molecule has 1 unspecified atom stereocenters. The predicted molar refractivity (Wildman–Crippen MR) is 164 cm³/mol. The number of methoxy groups -OCH3 is 3. The summed E-state index contributed by atoms with van der Waals surface area (Å²) >= 11 is 0. The van der Waals surface area contributed by atoms with Crippen molar-refractivity contribution in [1.29, 1.82) is 0 Å². The minimum atomic E-state index is -0.299. The molecule has 0 aliphatic heterocycles. The molecule has 1 aromatic heterocycles. The lowest BCUT2D eigenvalue weighted by molar-refractivity contribution is -0.116. The summed E-state index contributed by atoms with van der Waals surface area (Å²) in [4.78, 5) is 30.8. The standard InChI is InChI=1S/C33H43N3O5/c1-8-9-10-13-22(24-16-18-27(39-5)31(41-7)30(24)40-6)21-29(37)35-26-20-23(15-17-25(26)33(2,3)4)32(38)36-28-14-11-12-19-34-28/h11-12,14-20,22H,8-10,13,21H2,1-7H3,(H,35,37)(H,34,36,38). The number of benzene rings is 2. The van der Waals surface area contributed by atoms with E-state index in [4.69, 9.17) is 14.2 Å². The molecule has 0 saturated heterocycles. The number of pyridine rings is 1. The fourth-order valence-corrected chi connectivity index (χ4v) is 4.95. The second-order valence-corrected chi connectivity index (χ2v) is 11.0. The van der Waals surface area contributed by atoms with Gasteiger partial charge in [-0.3, -0.25) is 9.59 Å². The molecule has 3 rings (SSSR count). The first-order valence-electron chi connectivity index (χ1n) is 14.1. The van der Waals surface area contributed by atoms with Crippen molar-refractivity contribution in [3.8, 4) is 17.2 Å².